The number of likely N-dealkylation sites (tertiary alicyclic amines) is 1. The summed E-state index contributed by atoms with van der Waals surface area (Å²) in [5, 5.41) is 9.65. The Balaban J connectivity index is 1.31. The number of amides is 2. The third kappa shape index (κ3) is 4.11. The van der Waals surface area contributed by atoms with Crippen LogP contribution in [0.25, 0.3) is 0 Å². The Bertz CT molecular complexity index is 981. The molecular weight excluding hydrogens is 387 g/mol. The van der Waals surface area contributed by atoms with Crippen molar-refractivity contribution in [1.82, 2.24) is 9.80 Å². The summed E-state index contributed by atoms with van der Waals surface area (Å²) in [4.78, 5) is 41.1. The largest absolute Gasteiger partial charge is 0.508 e. The topological polar surface area (TPSA) is 77.9 Å². The van der Waals surface area contributed by atoms with Gasteiger partial charge in [0, 0.05) is 30.1 Å². The Morgan fingerprint density at radius 2 is 1.73 bits per heavy atom. The molecule has 156 valence electrons. The van der Waals surface area contributed by atoms with Crippen molar-refractivity contribution >= 4 is 17.6 Å². The van der Waals surface area contributed by atoms with Crippen molar-refractivity contribution in [3.63, 3.8) is 0 Å². The molecule has 0 atom stereocenters. The van der Waals surface area contributed by atoms with Crippen LogP contribution in [0.1, 0.15) is 39.1 Å². The van der Waals surface area contributed by atoms with Crippen LogP contribution < -0.4 is 0 Å². The molecule has 2 aromatic rings. The predicted molar refractivity (Wildman–Crippen MR) is 108 cm³/mol. The molecule has 2 aromatic carbocycles. The molecule has 1 saturated heterocycles. The predicted octanol–water partition coefficient (Wildman–Crippen LogP) is 2.65. The number of aromatic hydroxyl groups is 1. The second kappa shape index (κ2) is 8.36. The molecule has 6 nitrogen and oxygen atoms in total. The highest BCUT2D eigenvalue weighted by atomic mass is 19.1. The maximum atomic E-state index is 13.1. The number of imide groups is 1. The lowest BCUT2D eigenvalue weighted by molar-refractivity contribution is -0.128. The molecule has 0 aliphatic carbocycles. The maximum Gasteiger partial charge on any atom is 0.260 e. The van der Waals surface area contributed by atoms with E-state index in [1.54, 1.807) is 6.07 Å². The van der Waals surface area contributed by atoms with Gasteiger partial charge in [0.05, 0.1) is 6.42 Å². The molecule has 2 aliphatic rings. The van der Waals surface area contributed by atoms with Crippen LogP contribution in [0.15, 0.2) is 42.5 Å². The minimum absolute atomic E-state index is 0.00397. The van der Waals surface area contributed by atoms with Crippen LogP contribution in [-0.4, -0.2) is 58.7 Å². The summed E-state index contributed by atoms with van der Waals surface area (Å²) in [5.74, 6) is -1.03. The number of benzene rings is 2. The van der Waals surface area contributed by atoms with E-state index >= 15 is 0 Å². The minimum Gasteiger partial charge on any atom is -0.508 e. The Labute approximate surface area is 173 Å². The van der Waals surface area contributed by atoms with Crippen LogP contribution in [0.2, 0.25) is 0 Å². The normalized spacial score (nSPS) is 17.8. The van der Waals surface area contributed by atoms with E-state index in [0.29, 0.717) is 49.2 Å². The fourth-order valence-electron chi connectivity index (χ4n) is 4.17. The molecule has 0 saturated carbocycles. The number of fused-ring (bicyclic) bond motifs is 1. The van der Waals surface area contributed by atoms with Crippen molar-refractivity contribution < 1.29 is 23.9 Å². The van der Waals surface area contributed by atoms with Gasteiger partial charge in [0.2, 0.25) is 5.91 Å². The van der Waals surface area contributed by atoms with Gasteiger partial charge in [0.25, 0.3) is 5.91 Å². The maximum absolute atomic E-state index is 13.1. The van der Waals surface area contributed by atoms with Crippen LogP contribution in [-0.2, 0) is 11.2 Å². The summed E-state index contributed by atoms with van der Waals surface area (Å²) < 4.78 is 13.1. The number of piperidine rings is 1. The van der Waals surface area contributed by atoms with Crippen LogP contribution in [0.4, 0.5) is 4.39 Å². The Morgan fingerprint density at radius 3 is 2.43 bits per heavy atom. The highest BCUT2D eigenvalue weighted by Crippen LogP contribution is 2.25. The van der Waals surface area contributed by atoms with Crippen LogP contribution in [0.5, 0.6) is 5.75 Å². The third-order valence-corrected chi connectivity index (χ3v) is 5.94. The molecule has 7 heteroatoms. The number of Topliss-reactive ketones (excluding diaryl/α,β-unsaturated/α-hetero) is 1. The highest BCUT2D eigenvalue weighted by Gasteiger charge is 2.32. The second-order valence-electron chi connectivity index (χ2n) is 7.86. The molecule has 2 heterocycles. The molecule has 0 spiro atoms. The van der Waals surface area contributed by atoms with E-state index in [0.717, 1.165) is 0 Å². The van der Waals surface area contributed by atoms with Gasteiger partial charge in [-0.2, -0.15) is 0 Å². The van der Waals surface area contributed by atoms with E-state index in [1.807, 2.05) is 0 Å². The molecule has 1 N–H and O–H groups in total. The molecule has 4 rings (SSSR count). The van der Waals surface area contributed by atoms with Gasteiger partial charge in [-0.25, -0.2) is 4.39 Å². The molecule has 0 aromatic heterocycles. The monoisotopic (exact) mass is 410 g/mol. The van der Waals surface area contributed by atoms with E-state index in [2.05, 4.69) is 4.90 Å². The number of phenolic OH excluding ortho intramolecular Hbond substituents is 1. The van der Waals surface area contributed by atoms with E-state index < -0.39 is 0 Å². The minimum atomic E-state index is -0.376. The first-order chi connectivity index (χ1) is 14.4. The quantitative estimate of drug-likeness (QED) is 0.606. The van der Waals surface area contributed by atoms with Gasteiger partial charge < -0.3 is 10.0 Å². The molecule has 2 amide bonds. The molecular formula is C23H23FN2O4. The molecule has 30 heavy (non-hydrogen) atoms. The van der Waals surface area contributed by atoms with E-state index in [1.165, 1.54) is 41.3 Å². The number of carbonyl (C=O) groups is 3. The van der Waals surface area contributed by atoms with Gasteiger partial charge in [-0.15, -0.1) is 0 Å². The van der Waals surface area contributed by atoms with Crippen molar-refractivity contribution in [2.75, 3.05) is 26.2 Å². The van der Waals surface area contributed by atoms with E-state index in [-0.39, 0.29) is 48.0 Å². The summed E-state index contributed by atoms with van der Waals surface area (Å²) >= 11 is 0. The Hall–Kier alpha value is -3.06. The highest BCUT2D eigenvalue weighted by molar-refractivity contribution is 6.09. The summed E-state index contributed by atoms with van der Waals surface area (Å²) in [7, 11) is 0. The van der Waals surface area contributed by atoms with E-state index in [4.69, 9.17) is 0 Å². The van der Waals surface area contributed by atoms with Crippen molar-refractivity contribution in [3.8, 4) is 5.75 Å². The van der Waals surface area contributed by atoms with Gasteiger partial charge in [0.15, 0.2) is 5.78 Å². The van der Waals surface area contributed by atoms with Crippen molar-refractivity contribution in [2.45, 2.75) is 19.3 Å². The number of halogens is 1. The first-order valence-electron chi connectivity index (χ1n) is 10.1. The van der Waals surface area contributed by atoms with Crippen molar-refractivity contribution in [3.05, 3.63) is 65.0 Å². The standard InChI is InChI=1S/C23H23FN2O4/c24-18-4-1-15(2-5-18)22(29)16-7-9-25(10-8-16)11-12-26-21(28)13-17-3-6-19(27)14-20(17)23(26)30/h1-6,14,16,27H,7-13H2. The summed E-state index contributed by atoms with van der Waals surface area (Å²) in [6.45, 7) is 2.23. The van der Waals surface area contributed by atoms with Gasteiger partial charge in [-0.3, -0.25) is 19.3 Å². The smallest absolute Gasteiger partial charge is 0.260 e. The third-order valence-electron chi connectivity index (χ3n) is 5.94. The van der Waals surface area contributed by atoms with Crippen molar-refractivity contribution in [2.24, 2.45) is 5.92 Å². The number of hydrogen-bond donors (Lipinski definition) is 1. The lowest BCUT2D eigenvalue weighted by Gasteiger charge is -2.33. The molecule has 1 fully saturated rings. The molecule has 0 unspecified atom stereocenters. The first-order valence-corrected chi connectivity index (χ1v) is 10.1. The number of ketones is 1. The zero-order chi connectivity index (χ0) is 21.3. The number of carbonyl (C=O) groups excluding carboxylic acids is 3. The number of nitrogens with zero attached hydrogens (tertiary/aromatic N) is 2. The average Bonchev–Trinajstić information content (AvgIpc) is 2.75. The lowest BCUT2D eigenvalue weighted by Crippen LogP contribution is -2.47. The van der Waals surface area contributed by atoms with Crippen molar-refractivity contribution in [1.29, 1.82) is 0 Å². The summed E-state index contributed by atoms with van der Waals surface area (Å²) in [5.41, 5.74) is 1.54. The summed E-state index contributed by atoms with van der Waals surface area (Å²) in [6, 6.07) is 10.1. The number of phenols is 1. The van der Waals surface area contributed by atoms with Gasteiger partial charge in [-0.05, 0) is 67.9 Å². The second-order valence-corrected chi connectivity index (χ2v) is 7.86. The Kier molecular flexibility index (Phi) is 5.63. The van der Waals surface area contributed by atoms with Gasteiger partial charge in [0.1, 0.15) is 11.6 Å². The molecule has 0 radical (unpaired) electrons. The fourth-order valence-corrected chi connectivity index (χ4v) is 4.17. The zero-order valence-electron chi connectivity index (χ0n) is 16.5. The van der Waals surface area contributed by atoms with Crippen LogP contribution >= 0.6 is 0 Å². The SMILES string of the molecule is O=C(c1ccc(F)cc1)C1CCN(CCN2C(=O)Cc3ccc(O)cc3C2=O)CC1. The molecule has 2 aliphatic heterocycles. The van der Waals surface area contributed by atoms with Gasteiger partial charge in [-0.1, -0.05) is 6.07 Å². The summed E-state index contributed by atoms with van der Waals surface area (Å²) in [6.07, 6.45) is 1.53. The lowest BCUT2D eigenvalue weighted by atomic mass is 9.89. The number of rotatable bonds is 5. The average molecular weight is 410 g/mol. The Morgan fingerprint density at radius 1 is 1.03 bits per heavy atom. The van der Waals surface area contributed by atoms with E-state index in [9.17, 15) is 23.9 Å². The van der Waals surface area contributed by atoms with Crippen LogP contribution in [0, 0.1) is 11.7 Å². The molecule has 0 bridgehead atoms. The zero-order valence-corrected chi connectivity index (χ0v) is 16.5. The fraction of sp³-hybridized carbons (Fsp3) is 0.348. The van der Waals surface area contributed by atoms with Gasteiger partial charge >= 0.3 is 0 Å². The van der Waals surface area contributed by atoms with Crippen LogP contribution in [0.3, 0.4) is 0 Å². The first kappa shape index (κ1) is 20.2. The number of hydrogen-bond acceptors (Lipinski definition) is 5.